The number of rotatable bonds is 2. The fourth-order valence-corrected chi connectivity index (χ4v) is 2.37. The van der Waals surface area contributed by atoms with Crippen molar-refractivity contribution in [3.63, 3.8) is 0 Å². The van der Waals surface area contributed by atoms with E-state index in [4.69, 9.17) is 0 Å². The van der Waals surface area contributed by atoms with Crippen LogP contribution in [0, 0.1) is 0 Å². The highest BCUT2D eigenvalue weighted by atomic mass is 79.9. The lowest BCUT2D eigenvalue weighted by Gasteiger charge is -2.09. The maximum atomic E-state index is 10.4. The van der Waals surface area contributed by atoms with Crippen LogP contribution in [0.25, 0.3) is 0 Å². The van der Waals surface area contributed by atoms with Crippen molar-refractivity contribution in [1.82, 2.24) is 0 Å². The molecule has 0 aromatic heterocycles. The topological polar surface area (TPSA) is 43.4 Å². The van der Waals surface area contributed by atoms with E-state index in [1.165, 1.54) is 12.8 Å². The second-order valence-electron chi connectivity index (χ2n) is 2.83. The van der Waals surface area contributed by atoms with Gasteiger partial charge in [0.05, 0.1) is 12.4 Å². The van der Waals surface area contributed by atoms with Gasteiger partial charge in [0, 0.05) is 5.33 Å². The molecule has 0 saturated carbocycles. The highest BCUT2D eigenvalue weighted by Gasteiger charge is 2.14. The van der Waals surface area contributed by atoms with Crippen LogP contribution in [0.5, 0.6) is 0 Å². The molecule has 0 spiro atoms. The molecule has 0 radical (unpaired) electrons. The molecular weight excluding hydrogens is 256 g/mol. The first-order valence-corrected chi connectivity index (χ1v) is 7.25. The summed E-state index contributed by atoms with van der Waals surface area (Å²) in [5, 5.41) is 1.16. The second kappa shape index (κ2) is 7.76. The second-order valence-corrected chi connectivity index (χ2v) is 5.39. The molecule has 0 amide bonds. The van der Waals surface area contributed by atoms with Crippen LogP contribution < -0.4 is 0 Å². The SMILES string of the molecule is CCCCBr.O=S1(=O)CCCCO1. The Labute approximate surface area is 89.1 Å². The van der Waals surface area contributed by atoms with Crippen LogP contribution in [0.15, 0.2) is 0 Å². The Bertz CT molecular complexity index is 187. The molecule has 1 saturated heterocycles. The lowest BCUT2D eigenvalue weighted by atomic mass is 10.4. The van der Waals surface area contributed by atoms with Crippen molar-refractivity contribution in [2.75, 3.05) is 17.7 Å². The van der Waals surface area contributed by atoms with Crippen molar-refractivity contribution >= 4 is 26.0 Å². The summed E-state index contributed by atoms with van der Waals surface area (Å²) in [6.07, 6.45) is 4.23. The summed E-state index contributed by atoms with van der Waals surface area (Å²) in [5.74, 6) is 0.201. The first-order chi connectivity index (χ1) is 6.12. The van der Waals surface area contributed by atoms with E-state index in [1.807, 2.05) is 0 Å². The predicted octanol–water partition coefficient (Wildman–Crippen LogP) is 2.31. The Hall–Kier alpha value is 0.390. The van der Waals surface area contributed by atoms with E-state index >= 15 is 0 Å². The van der Waals surface area contributed by atoms with E-state index in [2.05, 4.69) is 27.0 Å². The van der Waals surface area contributed by atoms with Crippen LogP contribution in [0.2, 0.25) is 0 Å². The molecule has 1 heterocycles. The maximum Gasteiger partial charge on any atom is 0.267 e. The van der Waals surface area contributed by atoms with Crippen LogP contribution in [-0.4, -0.2) is 26.1 Å². The highest BCUT2D eigenvalue weighted by Crippen LogP contribution is 2.06. The van der Waals surface area contributed by atoms with Gasteiger partial charge >= 0.3 is 0 Å². The van der Waals surface area contributed by atoms with Gasteiger partial charge in [-0.25, -0.2) is 0 Å². The van der Waals surface area contributed by atoms with Gasteiger partial charge in [0.2, 0.25) is 0 Å². The van der Waals surface area contributed by atoms with Crippen LogP contribution in [0.1, 0.15) is 32.6 Å². The van der Waals surface area contributed by atoms with Gasteiger partial charge in [0.15, 0.2) is 0 Å². The molecule has 1 aliphatic rings. The van der Waals surface area contributed by atoms with E-state index in [0.717, 1.165) is 18.2 Å². The molecule has 0 unspecified atom stereocenters. The summed E-state index contributed by atoms with van der Waals surface area (Å²) in [5.41, 5.74) is 0. The molecule has 3 nitrogen and oxygen atoms in total. The average molecular weight is 273 g/mol. The minimum atomic E-state index is -3.08. The molecule has 0 N–H and O–H groups in total. The van der Waals surface area contributed by atoms with Crippen molar-refractivity contribution in [2.45, 2.75) is 32.6 Å². The van der Waals surface area contributed by atoms with Gasteiger partial charge in [-0.2, -0.15) is 8.42 Å². The molecule has 13 heavy (non-hydrogen) atoms. The molecule has 0 bridgehead atoms. The summed E-state index contributed by atoms with van der Waals surface area (Å²) >= 11 is 3.31. The first-order valence-electron chi connectivity index (χ1n) is 4.55. The number of hydrogen-bond acceptors (Lipinski definition) is 3. The zero-order valence-electron chi connectivity index (χ0n) is 7.96. The van der Waals surface area contributed by atoms with E-state index in [9.17, 15) is 8.42 Å². The fourth-order valence-electron chi connectivity index (χ4n) is 0.759. The Balaban J connectivity index is 0.000000252. The van der Waals surface area contributed by atoms with Crippen molar-refractivity contribution in [3.8, 4) is 0 Å². The monoisotopic (exact) mass is 272 g/mol. The lowest BCUT2D eigenvalue weighted by Crippen LogP contribution is -2.17. The van der Waals surface area contributed by atoms with Crippen LogP contribution in [-0.2, 0) is 14.3 Å². The largest absolute Gasteiger partial charge is 0.270 e. The predicted molar refractivity (Wildman–Crippen MR) is 57.7 cm³/mol. The third kappa shape index (κ3) is 8.71. The standard InChI is InChI=1S/C4H9Br.C4H8O3S/c1-2-3-4-5;5-8(6)4-2-1-3-7-8/h2-4H2,1H3;1-4H2. The summed E-state index contributed by atoms with van der Waals surface area (Å²) in [4.78, 5) is 0. The van der Waals surface area contributed by atoms with Gasteiger partial charge in [-0.05, 0) is 19.3 Å². The van der Waals surface area contributed by atoms with Gasteiger partial charge in [0.1, 0.15) is 0 Å². The molecule has 0 atom stereocenters. The third-order valence-corrected chi connectivity index (χ3v) is 3.41. The molecular formula is C8H17BrO3S. The van der Waals surface area contributed by atoms with Crippen molar-refractivity contribution in [2.24, 2.45) is 0 Å². The van der Waals surface area contributed by atoms with Crippen molar-refractivity contribution < 1.29 is 12.6 Å². The third-order valence-electron chi connectivity index (χ3n) is 1.54. The molecule has 1 rings (SSSR count). The summed E-state index contributed by atoms with van der Waals surface area (Å²) in [6, 6.07) is 0. The number of halogens is 1. The molecule has 0 aromatic rings. The van der Waals surface area contributed by atoms with Crippen molar-refractivity contribution in [3.05, 3.63) is 0 Å². The van der Waals surface area contributed by atoms with E-state index in [1.54, 1.807) is 0 Å². The van der Waals surface area contributed by atoms with Gasteiger partial charge < -0.3 is 0 Å². The number of hydrogen-bond donors (Lipinski definition) is 0. The van der Waals surface area contributed by atoms with Gasteiger partial charge in [-0.15, -0.1) is 0 Å². The summed E-state index contributed by atoms with van der Waals surface area (Å²) < 4.78 is 25.3. The average Bonchev–Trinajstić information content (AvgIpc) is 2.06. The Morgan fingerprint density at radius 3 is 2.23 bits per heavy atom. The first kappa shape index (κ1) is 13.4. The minimum Gasteiger partial charge on any atom is -0.270 e. The molecule has 80 valence electrons. The van der Waals surface area contributed by atoms with Gasteiger partial charge in [0.25, 0.3) is 10.1 Å². The molecule has 1 aliphatic heterocycles. The quantitative estimate of drug-likeness (QED) is 0.572. The zero-order valence-corrected chi connectivity index (χ0v) is 10.4. The molecule has 1 fully saturated rings. The molecule has 5 heteroatoms. The Morgan fingerprint density at radius 1 is 1.38 bits per heavy atom. The van der Waals surface area contributed by atoms with E-state index < -0.39 is 10.1 Å². The van der Waals surface area contributed by atoms with E-state index in [-0.39, 0.29) is 5.75 Å². The fraction of sp³-hybridized carbons (Fsp3) is 1.00. The van der Waals surface area contributed by atoms with Crippen LogP contribution >= 0.6 is 15.9 Å². The molecule has 0 aromatic carbocycles. The summed E-state index contributed by atoms with van der Waals surface area (Å²) in [7, 11) is -3.08. The van der Waals surface area contributed by atoms with Crippen LogP contribution in [0.4, 0.5) is 0 Å². The smallest absolute Gasteiger partial charge is 0.267 e. The normalized spacial score (nSPS) is 20.2. The van der Waals surface area contributed by atoms with E-state index in [0.29, 0.717) is 6.61 Å². The highest BCUT2D eigenvalue weighted by molar-refractivity contribution is 9.09. The van der Waals surface area contributed by atoms with Gasteiger partial charge in [-0.3, -0.25) is 4.18 Å². The van der Waals surface area contributed by atoms with Crippen molar-refractivity contribution in [1.29, 1.82) is 0 Å². The zero-order chi connectivity index (χ0) is 10.2. The number of alkyl halides is 1. The minimum absolute atomic E-state index is 0.201. The number of unbranched alkanes of at least 4 members (excludes halogenated alkanes) is 1. The summed E-state index contributed by atoms with van der Waals surface area (Å²) in [6.45, 7) is 2.56. The Morgan fingerprint density at radius 2 is 2.08 bits per heavy atom. The maximum absolute atomic E-state index is 10.4. The van der Waals surface area contributed by atoms with Gasteiger partial charge in [-0.1, -0.05) is 29.3 Å². The Kier molecular flexibility index (Phi) is 8.00. The lowest BCUT2D eigenvalue weighted by molar-refractivity contribution is 0.292. The molecule has 0 aliphatic carbocycles. The van der Waals surface area contributed by atoms with Crippen LogP contribution in [0.3, 0.4) is 0 Å².